The van der Waals surface area contributed by atoms with Crippen molar-refractivity contribution in [3.63, 3.8) is 0 Å². The number of ether oxygens (including phenoxy) is 2. The summed E-state index contributed by atoms with van der Waals surface area (Å²) in [5.74, 6) is -0.0278. The van der Waals surface area contributed by atoms with Gasteiger partial charge in [0.25, 0.3) is 0 Å². The normalized spacial score (nSPS) is 10.4. The van der Waals surface area contributed by atoms with Crippen LogP contribution in [0.25, 0.3) is 10.6 Å². The van der Waals surface area contributed by atoms with Crippen LogP contribution in [-0.4, -0.2) is 24.7 Å². The van der Waals surface area contributed by atoms with E-state index in [-0.39, 0.29) is 5.69 Å². The topological polar surface area (TPSA) is 48.4 Å². The van der Waals surface area contributed by atoms with E-state index in [2.05, 4.69) is 4.98 Å². The van der Waals surface area contributed by atoms with Crippen LogP contribution >= 0.6 is 34.5 Å². The SMILES string of the molecule is CCOC(=O)c1csc(-c2cc(Cl)c(OC)c(Cl)c2)n1. The summed E-state index contributed by atoms with van der Waals surface area (Å²) < 4.78 is 9.98. The molecule has 1 heterocycles. The van der Waals surface area contributed by atoms with Gasteiger partial charge in [-0.1, -0.05) is 23.2 Å². The van der Waals surface area contributed by atoms with Crippen molar-refractivity contribution < 1.29 is 14.3 Å². The molecule has 0 bridgehead atoms. The predicted molar refractivity (Wildman–Crippen MR) is 80.1 cm³/mol. The third-order valence-corrected chi connectivity index (χ3v) is 3.89. The highest BCUT2D eigenvalue weighted by atomic mass is 35.5. The summed E-state index contributed by atoms with van der Waals surface area (Å²) in [4.78, 5) is 15.8. The number of methoxy groups -OCH3 is 1. The predicted octanol–water partition coefficient (Wildman–Crippen LogP) is 4.30. The van der Waals surface area contributed by atoms with Crippen LogP contribution in [0.2, 0.25) is 10.0 Å². The van der Waals surface area contributed by atoms with Crippen molar-refractivity contribution in [2.45, 2.75) is 6.92 Å². The van der Waals surface area contributed by atoms with Crippen molar-refractivity contribution in [3.05, 3.63) is 33.3 Å². The molecule has 2 aromatic rings. The van der Waals surface area contributed by atoms with E-state index in [4.69, 9.17) is 32.7 Å². The number of halogens is 2. The average molecular weight is 332 g/mol. The number of thiazole rings is 1. The van der Waals surface area contributed by atoms with Crippen LogP contribution in [-0.2, 0) is 4.74 Å². The molecule has 0 radical (unpaired) electrons. The van der Waals surface area contributed by atoms with Crippen LogP contribution in [0.5, 0.6) is 5.75 Å². The Morgan fingerprint density at radius 3 is 2.55 bits per heavy atom. The molecule has 0 atom stereocenters. The van der Waals surface area contributed by atoms with E-state index in [9.17, 15) is 4.79 Å². The van der Waals surface area contributed by atoms with E-state index in [0.717, 1.165) is 5.56 Å². The van der Waals surface area contributed by atoms with Crippen LogP contribution in [0.4, 0.5) is 0 Å². The fraction of sp³-hybridized carbons (Fsp3) is 0.231. The van der Waals surface area contributed by atoms with Crippen LogP contribution in [0.15, 0.2) is 17.5 Å². The van der Waals surface area contributed by atoms with E-state index >= 15 is 0 Å². The third kappa shape index (κ3) is 3.06. The molecule has 0 aliphatic heterocycles. The summed E-state index contributed by atoms with van der Waals surface area (Å²) in [7, 11) is 1.50. The molecule has 0 unspecified atom stereocenters. The molecule has 0 spiro atoms. The standard InChI is InChI=1S/C13H11Cl2NO3S/c1-3-19-13(17)10-6-20-12(16-10)7-4-8(14)11(18-2)9(15)5-7/h4-6H,3H2,1-2H3. The first kappa shape index (κ1) is 15.1. The number of esters is 1. The first-order chi connectivity index (χ1) is 9.56. The van der Waals surface area contributed by atoms with Crippen molar-refractivity contribution in [2.75, 3.05) is 13.7 Å². The lowest BCUT2D eigenvalue weighted by molar-refractivity contribution is 0.0520. The van der Waals surface area contributed by atoms with E-state index < -0.39 is 5.97 Å². The van der Waals surface area contributed by atoms with E-state index in [1.165, 1.54) is 18.4 Å². The molecule has 0 aliphatic carbocycles. The van der Waals surface area contributed by atoms with Gasteiger partial charge in [0.2, 0.25) is 0 Å². The third-order valence-electron chi connectivity index (χ3n) is 2.44. The lowest BCUT2D eigenvalue weighted by atomic mass is 10.2. The molecule has 0 amide bonds. The van der Waals surface area contributed by atoms with Gasteiger partial charge in [0, 0.05) is 10.9 Å². The van der Waals surface area contributed by atoms with E-state index in [1.54, 1.807) is 24.4 Å². The number of hydrogen-bond acceptors (Lipinski definition) is 5. The maximum Gasteiger partial charge on any atom is 0.357 e. The van der Waals surface area contributed by atoms with Crippen molar-refractivity contribution in [3.8, 4) is 16.3 Å². The minimum Gasteiger partial charge on any atom is -0.494 e. The van der Waals surface area contributed by atoms with Crippen molar-refractivity contribution in [1.29, 1.82) is 0 Å². The van der Waals surface area contributed by atoms with Gasteiger partial charge in [-0.25, -0.2) is 9.78 Å². The zero-order valence-electron chi connectivity index (χ0n) is 10.8. The number of aromatic nitrogens is 1. The minimum atomic E-state index is -0.444. The number of carbonyl (C=O) groups excluding carboxylic acids is 1. The molecular formula is C13H11Cl2NO3S. The van der Waals surface area contributed by atoms with Crippen molar-refractivity contribution >= 4 is 40.5 Å². The summed E-state index contributed by atoms with van der Waals surface area (Å²) in [5.41, 5.74) is 0.997. The Kier molecular flexibility index (Phi) is 4.86. The Morgan fingerprint density at radius 2 is 2.00 bits per heavy atom. The van der Waals surface area contributed by atoms with Gasteiger partial charge in [0.15, 0.2) is 11.4 Å². The molecule has 2 rings (SSSR count). The second-order valence-electron chi connectivity index (χ2n) is 3.73. The maximum absolute atomic E-state index is 11.6. The highest BCUT2D eigenvalue weighted by Gasteiger charge is 2.15. The Balaban J connectivity index is 2.35. The molecule has 1 aromatic heterocycles. The molecule has 4 nitrogen and oxygen atoms in total. The highest BCUT2D eigenvalue weighted by molar-refractivity contribution is 7.13. The molecular weight excluding hydrogens is 321 g/mol. The average Bonchev–Trinajstić information content (AvgIpc) is 2.88. The van der Waals surface area contributed by atoms with Gasteiger partial charge in [-0.2, -0.15) is 0 Å². The fourth-order valence-electron chi connectivity index (χ4n) is 1.58. The lowest BCUT2D eigenvalue weighted by Crippen LogP contribution is -2.04. The molecule has 1 aromatic carbocycles. The van der Waals surface area contributed by atoms with Gasteiger partial charge >= 0.3 is 5.97 Å². The van der Waals surface area contributed by atoms with Crippen LogP contribution < -0.4 is 4.74 Å². The molecule has 0 N–H and O–H groups in total. The van der Waals surface area contributed by atoms with Gasteiger partial charge < -0.3 is 9.47 Å². The summed E-state index contributed by atoms with van der Waals surface area (Å²) in [6.45, 7) is 2.06. The van der Waals surface area contributed by atoms with Crippen molar-refractivity contribution in [1.82, 2.24) is 4.98 Å². The van der Waals surface area contributed by atoms with Crippen molar-refractivity contribution in [2.24, 2.45) is 0 Å². The van der Waals surface area contributed by atoms with Crippen LogP contribution in [0.1, 0.15) is 17.4 Å². The van der Waals surface area contributed by atoms with E-state index in [0.29, 0.717) is 27.4 Å². The van der Waals surface area contributed by atoms with Crippen LogP contribution in [0.3, 0.4) is 0 Å². The summed E-state index contributed by atoms with van der Waals surface area (Å²) in [6, 6.07) is 3.39. The van der Waals surface area contributed by atoms with Gasteiger partial charge in [-0.3, -0.25) is 0 Å². The number of carbonyl (C=O) groups is 1. The molecule has 7 heteroatoms. The minimum absolute atomic E-state index is 0.273. The molecule has 20 heavy (non-hydrogen) atoms. The first-order valence-electron chi connectivity index (χ1n) is 5.72. The number of rotatable bonds is 4. The number of benzene rings is 1. The van der Waals surface area contributed by atoms with Crippen LogP contribution in [0, 0.1) is 0 Å². The summed E-state index contributed by atoms with van der Waals surface area (Å²) in [5, 5.41) is 3.06. The second-order valence-corrected chi connectivity index (χ2v) is 5.40. The quantitative estimate of drug-likeness (QED) is 0.783. The molecule has 0 saturated carbocycles. The van der Waals surface area contributed by atoms with Gasteiger partial charge in [0.1, 0.15) is 5.01 Å². The Labute approximate surface area is 130 Å². The summed E-state index contributed by atoms with van der Waals surface area (Å²) >= 11 is 13.5. The zero-order chi connectivity index (χ0) is 14.7. The first-order valence-corrected chi connectivity index (χ1v) is 7.36. The highest BCUT2D eigenvalue weighted by Crippen LogP contribution is 2.38. The lowest BCUT2D eigenvalue weighted by Gasteiger charge is -2.07. The maximum atomic E-state index is 11.6. The number of hydrogen-bond donors (Lipinski definition) is 0. The summed E-state index contributed by atoms with van der Waals surface area (Å²) in [6.07, 6.45) is 0. The smallest absolute Gasteiger partial charge is 0.357 e. The van der Waals surface area contributed by atoms with E-state index in [1.807, 2.05) is 0 Å². The van der Waals surface area contributed by atoms with Gasteiger partial charge in [-0.15, -0.1) is 11.3 Å². The molecule has 106 valence electrons. The number of nitrogens with zero attached hydrogens (tertiary/aromatic N) is 1. The van der Waals surface area contributed by atoms with Gasteiger partial charge in [0.05, 0.1) is 23.8 Å². The molecule has 0 aliphatic rings. The fourth-order valence-corrected chi connectivity index (χ4v) is 3.00. The Morgan fingerprint density at radius 1 is 1.35 bits per heavy atom. The largest absolute Gasteiger partial charge is 0.494 e. The monoisotopic (exact) mass is 331 g/mol. The Hall–Kier alpha value is -1.30. The van der Waals surface area contributed by atoms with Gasteiger partial charge in [-0.05, 0) is 19.1 Å². The molecule has 0 saturated heterocycles. The Bertz CT molecular complexity index is 619. The molecule has 0 fully saturated rings. The second kappa shape index (κ2) is 6.43. The zero-order valence-corrected chi connectivity index (χ0v) is 13.1.